The maximum Gasteiger partial charge on any atom is 0.270 e. The van der Waals surface area contributed by atoms with Gasteiger partial charge in [-0.25, -0.2) is 0 Å². The van der Waals surface area contributed by atoms with E-state index >= 15 is 0 Å². The summed E-state index contributed by atoms with van der Waals surface area (Å²) in [5.41, 5.74) is 2.53. The normalized spacial score (nSPS) is 14.7. The minimum absolute atomic E-state index is 0.171. The Morgan fingerprint density at radius 3 is 2.33 bits per heavy atom. The Kier molecular flexibility index (Phi) is 6.30. The number of hydrogen-bond donors (Lipinski definition) is 1. The average molecular weight is 383 g/mol. The Morgan fingerprint density at radius 1 is 1.00 bits per heavy atom. The minimum Gasteiger partial charge on any atom is -0.337 e. The quantitative estimate of drug-likeness (QED) is 0.795. The summed E-state index contributed by atoms with van der Waals surface area (Å²) in [5.74, 6) is -0.478. The van der Waals surface area contributed by atoms with Crippen LogP contribution in [-0.4, -0.2) is 29.8 Å². The first kappa shape index (κ1) is 19.2. The van der Waals surface area contributed by atoms with E-state index in [1.54, 1.807) is 29.2 Å². The molecule has 27 heavy (non-hydrogen) atoms. The van der Waals surface area contributed by atoms with Gasteiger partial charge in [0.1, 0.15) is 5.70 Å². The van der Waals surface area contributed by atoms with E-state index in [0.29, 0.717) is 29.2 Å². The Hall–Kier alpha value is -2.59. The summed E-state index contributed by atoms with van der Waals surface area (Å²) in [5, 5.41) is 3.33. The molecule has 1 N–H and O–H groups in total. The number of carbonyl (C=O) groups excluding carboxylic acids is 2. The molecular weight excluding hydrogens is 360 g/mol. The Morgan fingerprint density at radius 2 is 1.67 bits per heavy atom. The van der Waals surface area contributed by atoms with Crippen LogP contribution in [0, 0.1) is 6.92 Å². The Bertz CT molecular complexity index is 853. The molecule has 2 amide bonds. The van der Waals surface area contributed by atoms with E-state index < -0.39 is 0 Å². The number of carbonyl (C=O) groups is 2. The smallest absolute Gasteiger partial charge is 0.270 e. The maximum absolute atomic E-state index is 13.0. The molecule has 0 aromatic heterocycles. The molecule has 1 saturated heterocycles. The molecule has 3 rings (SSSR count). The molecule has 0 radical (unpaired) electrons. The van der Waals surface area contributed by atoms with Crippen LogP contribution < -0.4 is 5.32 Å². The lowest BCUT2D eigenvalue weighted by atomic mass is 10.1. The second-order valence-corrected chi connectivity index (χ2v) is 7.16. The van der Waals surface area contributed by atoms with Gasteiger partial charge in [0.25, 0.3) is 11.8 Å². The number of hydrogen-bond acceptors (Lipinski definition) is 2. The van der Waals surface area contributed by atoms with Crippen LogP contribution >= 0.6 is 11.6 Å². The fourth-order valence-electron chi connectivity index (χ4n) is 3.07. The van der Waals surface area contributed by atoms with Crippen LogP contribution in [0.5, 0.6) is 0 Å². The van der Waals surface area contributed by atoms with Crippen molar-refractivity contribution >= 4 is 29.5 Å². The van der Waals surface area contributed by atoms with Crippen molar-refractivity contribution in [2.75, 3.05) is 13.1 Å². The predicted molar refractivity (Wildman–Crippen MR) is 109 cm³/mol. The molecule has 2 aromatic carbocycles. The molecule has 0 bridgehead atoms. The van der Waals surface area contributed by atoms with Crippen molar-refractivity contribution in [2.24, 2.45) is 0 Å². The number of benzene rings is 2. The third kappa shape index (κ3) is 4.98. The zero-order valence-electron chi connectivity index (χ0n) is 15.4. The molecule has 5 heteroatoms. The second-order valence-electron chi connectivity index (χ2n) is 6.75. The van der Waals surface area contributed by atoms with Gasteiger partial charge in [0.2, 0.25) is 0 Å². The number of piperidine rings is 1. The maximum atomic E-state index is 13.0. The monoisotopic (exact) mass is 382 g/mol. The van der Waals surface area contributed by atoms with E-state index in [9.17, 15) is 9.59 Å². The van der Waals surface area contributed by atoms with E-state index in [1.807, 2.05) is 37.3 Å². The highest BCUT2D eigenvalue weighted by Crippen LogP contribution is 2.20. The van der Waals surface area contributed by atoms with Crippen molar-refractivity contribution in [3.05, 3.63) is 75.9 Å². The molecule has 1 aliphatic rings. The average Bonchev–Trinajstić information content (AvgIpc) is 2.69. The van der Waals surface area contributed by atoms with Crippen molar-refractivity contribution < 1.29 is 9.59 Å². The number of rotatable bonds is 4. The summed E-state index contributed by atoms with van der Waals surface area (Å²) in [6.45, 7) is 3.38. The van der Waals surface area contributed by atoms with Crippen molar-refractivity contribution in [1.82, 2.24) is 10.2 Å². The third-order valence-corrected chi connectivity index (χ3v) is 4.98. The van der Waals surface area contributed by atoms with E-state index in [2.05, 4.69) is 5.32 Å². The minimum atomic E-state index is -0.307. The number of halogens is 1. The molecule has 0 atom stereocenters. The Labute approximate surface area is 164 Å². The zero-order chi connectivity index (χ0) is 19.2. The summed E-state index contributed by atoms with van der Waals surface area (Å²) >= 11 is 6.25. The lowest BCUT2D eigenvalue weighted by Crippen LogP contribution is -2.41. The zero-order valence-corrected chi connectivity index (χ0v) is 16.1. The van der Waals surface area contributed by atoms with Crippen LogP contribution in [0.2, 0.25) is 5.02 Å². The molecule has 140 valence electrons. The van der Waals surface area contributed by atoms with Crippen LogP contribution in [0.1, 0.15) is 40.7 Å². The highest BCUT2D eigenvalue weighted by atomic mass is 35.5. The highest BCUT2D eigenvalue weighted by molar-refractivity contribution is 6.32. The number of likely N-dealkylation sites (tertiary alicyclic amines) is 1. The first-order valence-electron chi connectivity index (χ1n) is 9.18. The molecular formula is C22H23ClN2O2. The van der Waals surface area contributed by atoms with Gasteiger partial charge in [-0.3, -0.25) is 9.59 Å². The summed E-state index contributed by atoms with van der Waals surface area (Å²) in [4.78, 5) is 27.5. The van der Waals surface area contributed by atoms with Crippen molar-refractivity contribution in [3.63, 3.8) is 0 Å². The van der Waals surface area contributed by atoms with E-state index in [0.717, 1.165) is 24.8 Å². The van der Waals surface area contributed by atoms with Gasteiger partial charge in [0.05, 0.1) is 0 Å². The largest absolute Gasteiger partial charge is 0.337 e. The van der Waals surface area contributed by atoms with Crippen LogP contribution in [-0.2, 0) is 4.79 Å². The van der Waals surface area contributed by atoms with Gasteiger partial charge in [0, 0.05) is 23.7 Å². The van der Waals surface area contributed by atoms with Gasteiger partial charge >= 0.3 is 0 Å². The first-order valence-corrected chi connectivity index (χ1v) is 9.56. The third-order valence-electron chi connectivity index (χ3n) is 4.64. The van der Waals surface area contributed by atoms with Gasteiger partial charge in [-0.15, -0.1) is 0 Å². The summed E-state index contributed by atoms with van der Waals surface area (Å²) in [6.07, 6.45) is 4.75. The fraction of sp³-hybridized carbons (Fsp3) is 0.273. The molecule has 0 unspecified atom stereocenters. The lowest BCUT2D eigenvalue weighted by molar-refractivity contribution is -0.128. The van der Waals surface area contributed by atoms with Crippen LogP contribution in [0.25, 0.3) is 6.08 Å². The summed E-state index contributed by atoms with van der Waals surface area (Å²) in [6, 6.07) is 14.5. The van der Waals surface area contributed by atoms with Crippen molar-refractivity contribution in [1.29, 1.82) is 0 Å². The molecule has 2 aromatic rings. The van der Waals surface area contributed by atoms with Gasteiger partial charge in [-0.1, -0.05) is 47.5 Å². The molecule has 0 spiro atoms. The number of nitrogens with zero attached hydrogens (tertiary/aromatic N) is 1. The Balaban J connectivity index is 1.89. The van der Waals surface area contributed by atoms with Crippen molar-refractivity contribution in [2.45, 2.75) is 26.2 Å². The van der Waals surface area contributed by atoms with Crippen LogP contribution in [0.15, 0.2) is 54.2 Å². The fourth-order valence-corrected chi connectivity index (χ4v) is 3.26. The van der Waals surface area contributed by atoms with Crippen molar-refractivity contribution in [3.8, 4) is 0 Å². The second kappa shape index (κ2) is 8.87. The van der Waals surface area contributed by atoms with Crippen LogP contribution in [0.4, 0.5) is 0 Å². The van der Waals surface area contributed by atoms with Gasteiger partial charge < -0.3 is 10.2 Å². The first-order chi connectivity index (χ1) is 13.0. The topological polar surface area (TPSA) is 49.4 Å². The number of aryl methyl sites for hydroxylation is 1. The van der Waals surface area contributed by atoms with Gasteiger partial charge in [-0.05, 0) is 56.0 Å². The molecule has 0 aliphatic carbocycles. The summed E-state index contributed by atoms with van der Waals surface area (Å²) in [7, 11) is 0. The van der Waals surface area contributed by atoms with E-state index in [1.165, 1.54) is 0 Å². The lowest BCUT2D eigenvalue weighted by Gasteiger charge is -2.27. The van der Waals surface area contributed by atoms with Crippen LogP contribution in [0.3, 0.4) is 0 Å². The highest BCUT2D eigenvalue weighted by Gasteiger charge is 2.22. The summed E-state index contributed by atoms with van der Waals surface area (Å²) < 4.78 is 0. The molecule has 1 aliphatic heterocycles. The number of nitrogens with one attached hydrogen (secondary N) is 1. The molecule has 1 fully saturated rings. The number of amides is 2. The predicted octanol–water partition coefficient (Wildman–Crippen LogP) is 4.43. The standard InChI is InChI=1S/C22H23ClN2O2/c1-16-9-11-17(12-10-16)21(26)24-20(15-18-7-3-4-8-19(18)23)22(27)25-13-5-2-6-14-25/h3-4,7-12,15H,2,5-6,13-14H2,1H3,(H,24,26)/b20-15+. The molecule has 1 heterocycles. The SMILES string of the molecule is Cc1ccc(C(=O)N/C(=C/c2ccccc2Cl)C(=O)N2CCCCC2)cc1. The van der Waals surface area contributed by atoms with E-state index in [-0.39, 0.29) is 17.5 Å². The van der Waals surface area contributed by atoms with E-state index in [4.69, 9.17) is 11.6 Å². The van der Waals surface area contributed by atoms with Gasteiger partial charge in [-0.2, -0.15) is 0 Å². The molecule has 0 saturated carbocycles. The van der Waals surface area contributed by atoms with Gasteiger partial charge in [0.15, 0.2) is 0 Å². The molecule has 4 nitrogen and oxygen atoms in total.